The van der Waals surface area contributed by atoms with Gasteiger partial charge in [0.15, 0.2) is 5.78 Å². The average Bonchev–Trinajstić information content (AvgIpc) is 2.97. The highest BCUT2D eigenvalue weighted by Crippen LogP contribution is 2.15. The molecule has 1 N–H and O–H groups in total. The van der Waals surface area contributed by atoms with Crippen LogP contribution >= 0.6 is 0 Å². The van der Waals surface area contributed by atoms with Crippen molar-refractivity contribution < 1.29 is 9.59 Å². The van der Waals surface area contributed by atoms with Crippen LogP contribution in [0.2, 0.25) is 0 Å². The maximum atomic E-state index is 12.4. The lowest BCUT2D eigenvalue weighted by Gasteiger charge is -2.09. The lowest BCUT2D eigenvalue weighted by molar-refractivity contribution is -0.121. The van der Waals surface area contributed by atoms with Gasteiger partial charge in [-0.05, 0) is 44.5 Å². The van der Waals surface area contributed by atoms with E-state index in [-0.39, 0.29) is 24.5 Å². The molecule has 5 nitrogen and oxygen atoms in total. The Bertz CT molecular complexity index is 988. The first-order valence-corrected chi connectivity index (χ1v) is 9.24. The number of nitrogens with one attached hydrogen (secondary N) is 1. The number of nitrogens with zero attached hydrogens (tertiary/aromatic N) is 2. The third-order valence-corrected chi connectivity index (χ3v) is 4.78. The van der Waals surface area contributed by atoms with Gasteiger partial charge in [0.05, 0.1) is 11.0 Å². The highest BCUT2D eigenvalue weighted by atomic mass is 16.2. The largest absolute Gasteiger partial charge is 0.354 e. The number of amides is 1. The van der Waals surface area contributed by atoms with Crippen molar-refractivity contribution >= 4 is 22.7 Å². The maximum absolute atomic E-state index is 12.4. The Morgan fingerprint density at radius 2 is 1.81 bits per heavy atom. The van der Waals surface area contributed by atoms with Crippen LogP contribution in [0.4, 0.5) is 0 Å². The Balaban J connectivity index is 1.50. The summed E-state index contributed by atoms with van der Waals surface area (Å²) in [4.78, 5) is 29.0. The molecule has 3 rings (SSSR count). The van der Waals surface area contributed by atoms with Crippen molar-refractivity contribution in [1.29, 1.82) is 0 Å². The number of ketones is 1. The van der Waals surface area contributed by atoms with Gasteiger partial charge in [-0.2, -0.15) is 0 Å². The van der Waals surface area contributed by atoms with Crippen molar-refractivity contribution in [2.75, 3.05) is 6.54 Å². The summed E-state index contributed by atoms with van der Waals surface area (Å²) in [6, 6.07) is 13.8. The van der Waals surface area contributed by atoms with E-state index in [2.05, 4.69) is 14.9 Å². The van der Waals surface area contributed by atoms with Crippen molar-refractivity contribution in [2.45, 2.75) is 40.2 Å². The normalized spacial score (nSPS) is 10.9. The number of aromatic nitrogens is 2. The number of carbonyl (C=O) groups excluding carboxylic acids is 2. The van der Waals surface area contributed by atoms with E-state index in [1.807, 2.05) is 63.2 Å². The van der Waals surface area contributed by atoms with Crippen LogP contribution in [0.15, 0.2) is 42.5 Å². The summed E-state index contributed by atoms with van der Waals surface area (Å²) < 4.78 is 2.09. The molecule has 27 heavy (non-hydrogen) atoms. The second-order valence-corrected chi connectivity index (χ2v) is 6.89. The molecular formula is C22H25N3O2. The van der Waals surface area contributed by atoms with Crippen LogP contribution in [-0.4, -0.2) is 27.8 Å². The number of fused-ring (bicyclic) bond motifs is 1. The lowest BCUT2D eigenvalue weighted by atomic mass is 9.99. The number of aryl methyl sites for hydroxylation is 3. The second-order valence-electron chi connectivity index (χ2n) is 6.89. The molecule has 0 saturated heterocycles. The highest BCUT2D eigenvalue weighted by Gasteiger charge is 2.12. The summed E-state index contributed by atoms with van der Waals surface area (Å²) in [5.41, 5.74) is 4.74. The van der Waals surface area contributed by atoms with Crippen LogP contribution in [0.5, 0.6) is 0 Å². The molecule has 0 aliphatic rings. The fourth-order valence-corrected chi connectivity index (χ4v) is 3.27. The molecule has 140 valence electrons. The Morgan fingerprint density at radius 3 is 2.63 bits per heavy atom. The molecule has 3 aromatic rings. The predicted molar refractivity (Wildman–Crippen MR) is 107 cm³/mol. The minimum Gasteiger partial charge on any atom is -0.354 e. The molecule has 0 aliphatic carbocycles. The molecule has 0 saturated carbocycles. The van der Waals surface area contributed by atoms with Gasteiger partial charge in [0.1, 0.15) is 5.82 Å². The van der Waals surface area contributed by atoms with E-state index in [4.69, 9.17) is 0 Å². The van der Waals surface area contributed by atoms with Crippen LogP contribution in [0, 0.1) is 20.8 Å². The van der Waals surface area contributed by atoms with Crippen molar-refractivity contribution in [2.24, 2.45) is 0 Å². The number of Topliss-reactive ketones (excluding diaryl/α,β-unsaturated/α-hetero) is 1. The number of rotatable bonds is 7. The predicted octanol–water partition coefficient (Wildman–Crippen LogP) is 3.74. The molecule has 1 amide bonds. The number of hydrogen-bond donors (Lipinski definition) is 1. The first-order chi connectivity index (χ1) is 13.0. The van der Waals surface area contributed by atoms with Gasteiger partial charge < -0.3 is 9.88 Å². The number of benzene rings is 2. The quantitative estimate of drug-likeness (QED) is 0.651. The molecule has 1 heterocycles. The molecule has 0 radical (unpaired) electrons. The number of imidazole rings is 1. The van der Waals surface area contributed by atoms with Gasteiger partial charge in [-0.15, -0.1) is 0 Å². The minimum atomic E-state index is -0.101. The van der Waals surface area contributed by atoms with Crippen LogP contribution in [0.3, 0.4) is 0 Å². The third-order valence-electron chi connectivity index (χ3n) is 4.78. The van der Waals surface area contributed by atoms with E-state index in [0.29, 0.717) is 18.7 Å². The number of carbonyl (C=O) groups is 2. The van der Waals surface area contributed by atoms with Crippen LogP contribution in [-0.2, 0) is 11.3 Å². The Kier molecular flexibility index (Phi) is 5.69. The van der Waals surface area contributed by atoms with E-state index in [1.165, 1.54) is 0 Å². The van der Waals surface area contributed by atoms with E-state index in [1.54, 1.807) is 0 Å². The molecule has 0 fully saturated rings. The van der Waals surface area contributed by atoms with E-state index in [9.17, 15) is 9.59 Å². The molecule has 0 unspecified atom stereocenters. The van der Waals surface area contributed by atoms with Gasteiger partial charge in [0.2, 0.25) is 5.91 Å². The molecule has 0 atom stereocenters. The third kappa shape index (κ3) is 4.42. The summed E-state index contributed by atoms with van der Waals surface area (Å²) in [5, 5.41) is 2.91. The number of para-hydroxylation sites is 2. The van der Waals surface area contributed by atoms with Gasteiger partial charge in [-0.3, -0.25) is 9.59 Å². The first-order valence-electron chi connectivity index (χ1n) is 9.24. The Hall–Kier alpha value is -2.95. The first kappa shape index (κ1) is 18.8. The molecule has 1 aromatic heterocycles. The highest BCUT2D eigenvalue weighted by molar-refractivity contribution is 5.99. The summed E-state index contributed by atoms with van der Waals surface area (Å²) in [7, 11) is 0. The van der Waals surface area contributed by atoms with E-state index in [0.717, 1.165) is 28.0 Å². The summed E-state index contributed by atoms with van der Waals surface area (Å²) in [6.07, 6.45) is 0.430. The molecule has 0 aliphatic heterocycles. The van der Waals surface area contributed by atoms with Gasteiger partial charge in [0.25, 0.3) is 0 Å². The smallest absolute Gasteiger partial charge is 0.220 e. The van der Waals surface area contributed by atoms with Crippen LogP contribution < -0.4 is 5.32 Å². The molecule has 0 bridgehead atoms. The monoisotopic (exact) mass is 363 g/mol. The average molecular weight is 363 g/mol. The zero-order valence-electron chi connectivity index (χ0n) is 16.1. The molecule has 0 spiro atoms. The summed E-state index contributed by atoms with van der Waals surface area (Å²) in [5.74, 6) is 0.842. The summed E-state index contributed by atoms with van der Waals surface area (Å²) >= 11 is 0. The SMILES string of the molecule is Cc1ccc(C)c(C(=O)CCC(=O)NCCn2c(C)nc3ccccc32)c1. The lowest BCUT2D eigenvalue weighted by Crippen LogP contribution is -2.27. The second kappa shape index (κ2) is 8.16. The van der Waals surface area contributed by atoms with Gasteiger partial charge in [0, 0.05) is 31.5 Å². The Labute approximate surface area is 159 Å². The van der Waals surface area contributed by atoms with Crippen LogP contribution in [0.25, 0.3) is 11.0 Å². The van der Waals surface area contributed by atoms with Crippen molar-refractivity contribution in [3.8, 4) is 0 Å². The topological polar surface area (TPSA) is 64.0 Å². The zero-order chi connectivity index (χ0) is 19.4. The fourth-order valence-electron chi connectivity index (χ4n) is 3.27. The van der Waals surface area contributed by atoms with E-state index >= 15 is 0 Å². The maximum Gasteiger partial charge on any atom is 0.220 e. The summed E-state index contributed by atoms with van der Waals surface area (Å²) in [6.45, 7) is 7.01. The zero-order valence-corrected chi connectivity index (χ0v) is 16.1. The fraction of sp³-hybridized carbons (Fsp3) is 0.318. The van der Waals surface area contributed by atoms with Crippen molar-refractivity contribution in [1.82, 2.24) is 14.9 Å². The minimum absolute atomic E-state index is 0.0165. The number of hydrogen-bond acceptors (Lipinski definition) is 3. The van der Waals surface area contributed by atoms with Gasteiger partial charge in [-0.1, -0.05) is 29.8 Å². The van der Waals surface area contributed by atoms with Crippen LogP contribution in [0.1, 0.15) is 40.2 Å². The molecular weight excluding hydrogens is 338 g/mol. The molecule has 5 heteroatoms. The van der Waals surface area contributed by atoms with E-state index < -0.39 is 0 Å². The van der Waals surface area contributed by atoms with Crippen molar-refractivity contribution in [3.63, 3.8) is 0 Å². The van der Waals surface area contributed by atoms with Crippen molar-refractivity contribution in [3.05, 3.63) is 65.0 Å². The standard InChI is InChI=1S/C22H25N3O2/c1-15-8-9-16(2)18(14-15)21(26)10-11-22(27)23-12-13-25-17(3)24-19-6-4-5-7-20(19)25/h4-9,14H,10-13H2,1-3H3,(H,23,27). The van der Waals surface area contributed by atoms with Gasteiger partial charge >= 0.3 is 0 Å². The molecule has 2 aromatic carbocycles. The van der Waals surface area contributed by atoms with Gasteiger partial charge in [-0.25, -0.2) is 4.98 Å². The Morgan fingerprint density at radius 1 is 1.04 bits per heavy atom.